The highest BCUT2D eigenvalue weighted by Crippen LogP contribution is 2.27. The lowest BCUT2D eigenvalue weighted by Crippen LogP contribution is -2.55. The standard InChI is InChI=1S/C26H15Cl2FN4O5/c27-15-2-1-14(21(28)11-15)13-38-19-9-7-18(8-10-19)33-25(36)22(24(35)32-26(33)37)20(12-30)23(34)31-17-5-3-16(29)4-6-17/h1-11H,13H2,(H,31,34)(H,32,35,37)/b22-20+. The zero-order chi connectivity index (χ0) is 27.4. The fourth-order valence-electron chi connectivity index (χ4n) is 3.41. The molecule has 1 aliphatic heterocycles. The number of nitrogens with one attached hydrogen (secondary N) is 2. The quantitative estimate of drug-likeness (QED) is 0.258. The summed E-state index contributed by atoms with van der Waals surface area (Å²) >= 11 is 12.0. The number of nitrogens with zero attached hydrogens (tertiary/aromatic N) is 2. The molecule has 9 nitrogen and oxygen atoms in total. The van der Waals surface area contributed by atoms with Crippen LogP contribution in [0.5, 0.6) is 5.75 Å². The van der Waals surface area contributed by atoms with E-state index in [2.05, 4.69) is 5.32 Å². The number of benzene rings is 3. The van der Waals surface area contributed by atoms with Crippen LogP contribution in [-0.2, 0) is 21.0 Å². The molecule has 3 aromatic rings. The third kappa shape index (κ3) is 5.64. The summed E-state index contributed by atoms with van der Waals surface area (Å²) < 4.78 is 18.8. The van der Waals surface area contributed by atoms with Crippen LogP contribution >= 0.6 is 23.2 Å². The molecule has 1 saturated heterocycles. The van der Waals surface area contributed by atoms with Crippen LogP contribution in [0.4, 0.5) is 20.6 Å². The monoisotopic (exact) mass is 552 g/mol. The van der Waals surface area contributed by atoms with Gasteiger partial charge in [0.25, 0.3) is 17.7 Å². The van der Waals surface area contributed by atoms with E-state index in [1.54, 1.807) is 18.2 Å². The highest BCUT2D eigenvalue weighted by molar-refractivity contribution is 6.40. The number of carbonyl (C=O) groups is 4. The maximum Gasteiger partial charge on any atom is 0.335 e. The maximum atomic E-state index is 13.2. The number of ether oxygens (including phenoxy) is 1. The Bertz CT molecular complexity index is 1530. The predicted octanol–water partition coefficient (Wildman–Crippen LogP) is 4.75. The molecule has 1 heterocycles. The van der Waals surface area contributed by atoms with Gasteiger partial charge >= 0.3 is 6.03 Å². The third-order valence-corrected chi connectivity index (χ3v) is 5.85. The van der Waals surface area contributed by atoms with E-state index in [-0.39, 0.29) is 18.0 Å². The topological polar surface area (TPSA) is 129 Å². The van der Waals surface area contributed by atoms with E-state index >= 15 is 0 Å². The summed E-state index contributed by atoms with van der Waals surface area (Å²) in [6.07, 6.45) is 0. The smallest absolute Gasteiger partial charge is 0.335 e. The van der Waals surface area contributed by atoms with Crippen molar-refractivity contribution in [1.82, 2.24) is 5.32 Å². The number of halogens is 3. The average Bonchev–Trinajstić information content (AvgIpc) is 2.88. The van der Waals surface area contributed by atoms with Gasteiger partial charge in [-0.2, -0.15) is 5.26 Å². The summed E-state index contributed by atoms with van der Waals surface area (Å²) in [5, 5.41) is 14.7. The highest BCUT2D eigenvalue weighted by Gasteiger charge is 2.40. The fourth-order valence-corrected chi connectivity index (χ4v) is 3.87. The minimum absolute atomic E-state index is 0.0469. The summed E-state index contributed by atoms with van der Waals surface area (Å²) in [6, 6.07) is 15.8. The van der Waals surface area contributed by atoms with Crippen molar-refractivity contribution in [3.05, 3.63) is 99.3 Å². The number of nitriles is 1. The molecule has 4 rings (SSSR count). The van der Waals surface area contributed by atoms with Crippen LogP contribution in [-0.4, -0.2) is 23.8 Å². The van der Waals surface area contributed by atoms with Crippen molar-refractivity contribution in [1.29, 1.82) is 5.26 Å². The van der Waals surface area contributed by atoms with Gasteiger partial charge in [0.2, 0.25) is 0 Å². The lowest BCUT2D eigenvalue weighted by Gasteiger charge is -2.26. The van der Waals surface area contributed by atoms with Crippen LogP contribution in [0.3, 0.4) is 0 Å². The van der Waals surface area contributed by atoms with Crippen LogP contribution < -0.4 is 20.3 Å². The number of amides is 5. The summed E-state index contributed by atoms with van der Waals surface area (Å²) in [6.45, 7) is 0.120. The second-order valence-corrected chi connectivity index (χ2v) is 8.58. The molecule has 0 saturated carbocycles. The van der Waals surface area contributed by atoms with E-state index in [4.69, 9.17) is 27.9 Å². The molecule has 1 fully saturated rings. The lowest BCUT2D eigenvalue weighted by atomic mass is 10.0. The Labute approximate surface area is 225 Å². The molecule has 2 N–H and O–H groups in total. The van der Waals surface area contributed by atoms with Crippen molar-refractivity contribution in [2.24, 2.45) is 0 Å². The first-order valence-corrected chi connectivity index (χ1v) is 11.5. The van der Waals surface area contributed by atoms with Gasteiger partial charge < -0.3 is 10.1 Å². The molecule has 0 aliphatic carbocycles. The van der Waals surface area contributed by atoms with Gasteiger partial charge in [-0.3, -0.25) is 19.7 Å². The minimum atomic E-state index is -1.21. The van der Waals surface area contributed by atoms with Gasteiger partial charge in [0.1, 0.15) is 35.4 Å². The molecule has 0 radical (unpaired) electrons. The zero-order valence-electron chi connectivity index (χ0n) is 19.1. The summed E-state index contributed by atoms with van der Waals surface area (Å²) in [5.74, 6) is -3.64. The molecule has 3 aromatic carbocycles. The van der Waals surface area contributed by atoms with Gasteiger partial charge in [-0.1, -0.05) is 29.3 Å². The average molecular weight is 553 g/mol. The van der Waals surface area contributed by atoms with Crippen molar-refractivity contribution >= 4 is 58.3 Å². The highest BCUT2D eigenvalue weighted by atomic mass is 35.5. The molecule has 0 aromatic heterocycles. The zero-order valence-corrected chi connectivity index (χ0v) is 20.6. The van der Waals surface area contributed by atoms with Crippen molar-refractivity contribution in [2.75, 3.05) is 10.2 Å². The number of rotatable bonds is 6. The molecular weight excluding hydrogens is 538 g/mol. The Morgan fingerprint density at radius 1 is 1.03 bits per heavy atom. The number of hydrogen-bond acceptors (Lipinski definition) is 6. The third-order valence-electron chi connectivity index (χ3n) is 5.26. The molecule has 0 bridgehead atoms. The van der Waals surface area contributed by atoms with Crippen LogP contribution in [0.15, 0.2) is 77.9 Å². The first-order valence-electron chi connectivity index (χ1n) is 10.8. The molecule has 38 heavy (non-hydrogen) atoms. The van der Waals surface area contributed by atoms with E-state index in [0.717, 1.165) is 12.1 Å². The predicted molar refractivity (Wildman–Crippen MR) is 136 cm³/mol. The van der Waals surface area contributed by atoms with E-state index in [1.165, 1.54) is 42.5 Å². The number of hydrogen-bond donors (Lipinski definition) is 2. The second-order valence-electron chi connectivity index (χ2n) is 7.74. The van der Waals surface area contributed by atoms with Gasteiger partial charge in [-0.25, -0.2) is 14.1 Å². The maximum absolute atomic E-state index is 13.2. The molecule has 5 amide bonds. The second kappa shape index (κ2) is 11.1. The van der Waals surface area contributed by atoms with Gasteiger partial charge in [0.05, 0.1) is 5.69 Å². The number of imide groups is 2. The normalized spacial score (nSPS) is 14.5. The van der Waals surface area contributed by atoms with Crippen molar-refractivity contribution in [2.45, 2.75) is 6.61 Å². The Hall–Kier alpha value is -4.72. The van der Waals surface area contributed by atoms with Crippen LogP contribution in [0.1, 0.15) is 5.56 Å². The first kappa shape index (κ1) is 26.3. The number of carbonyl (C=O) groups excluding carboxylic acids is 4. The number of barbiturate groups is 1. The molecule has 0 spiro atoms. The molecule has 0 atom stereocenters. The minimum Gasteiger partial charge on any atom is -0.489 e. The van der Waals surface area contributed by atoms with Gasteiger partial charge in [0, 0.05) is 21.3 Å². The Morgan fingerprint density at radius 3 is 2.34 bits per heavy atom. The van der Waals surface area contributed by atoms with Crippen LogP contribution in [0.2, 0.25) is 10.0 Å². The van der Waals surface area contributed by atoms with E-state index in [0.29, 0.717) is 26.3 Å². The molecular formula is C26H15Cl2FN4O5. The lowest BCUT2D eigenvalue weighted by molar-refractivity contribution is -0.123. The van der Waals surface area contributed by atoms with Crippen molar-refractivity contribution < 1.29 is 28.3 Å². The van der Waals surface area contributed by atoms with E-state index in [1.807, 2.05) is 5.32 Å². The summed E-state index contributed by atoms with van der Waals surface area (Å²) in [4.78, 5) is 51.4. The Balaban J connectivity index is 1.55. The fraction of sp³-hybridized carbons (Fsp3) is 0.0385. The molecule has 0 unspecified atom stereocenters. The molecule has 190 valence electrons. The molecule has 1 aliphatic rings. The summed E-state index contributed by atoms with van der Waals surface area (Å²) in [5.41, 5.74) is -0.803. The first-order chi connectivity index (χ1) is 18.2. The summed E-state index contributed by atoms with van der Waals surface area (Å²) in [7, 11) is 0. The number of anilines is 2. The van der Waals surface area contributed by atoms with Crippen LogP contribution in [0.25, 0.3) is 0 Å². The van der Waals surface area contributed by atoms with Gasteiger partial charge in [0.15, 0.2) is 0 Å². The Morgan fingerprint density at radius 2 is 1.71 bits per heavy atom. The SMILES string of the molecule is N#C/C(C(=O)Nc1ccc(F)cc1)=C1/C(=O)NC(=O)N(c2ccc(OCc3ccc(Cl)cc3Cl)cc2)C1=O. The van der Waals surface area contributed by atoms with Crippen molar-refractivity contribution in [3.63, 3.8) is 0 Å². The van der Waals surface area contributed by atoms with Gasteiger partial charge in [-0.15, -0.1) is 0 Å². The van der Waals surface area contributed by atoms with Crippen LogP contribution in [0, 0.1) is 17.1 Å². The largest absolute Gasteiger partial charge is 0.489 e. The van der Waals surface area contributed by atoms with Crippen molar-refractivity contribution in [3.8, 4) is 11.8 Å². The van der Waals surface area contributed by atoms with E-state index < -0.39 is 40.7 Å². The number of urea groups is 1. The van der Waals surface area contributed by atoms with Gasteiger partial charge in [-0.05, 0) is 60.7 Å². The Kier molecular flexibility index (Phi) is 7.71. The molecule has 12 heteroatoms. The van der Waals surface area contributed by atoms with E-state index in [9.17, 15) is 28.8 Å².